The first-order chi connectivity index (χ1) is 15.2. The Morgan fingerprint density at radius 1 is 1.22 bits per heavy atom. The van der Waals surface area contributed by atoms with Crippen LogP contribution in [0.5, 0.6) is 11.6 Å². The number of pyridine rings is 1. The van der Waals surface area contributed by atoms with Crippen molar-refractivity contribution >= 4 is 22.8 Å². The maximum Gasteiger partial charge on any atom is 0.253 e. The lowest BCUT2D eigenvalue weighted by Crippen LogP contribution is -2.20. The van der Waals surface area contributed by atoms with Gasteiger partial charge < -0.3 is 26.0 Å². The fourth-order valence-electron chi connectivity index (χ4n) is 4.15. The number of fused-ring (bicyclic) bond motifs is 1. The highest BCUT2D eigenvalue weighted by molar-refractivity contribution is 6.11. The molecule has 170 valence electrons. The van der Waals surface area contributed by atoms with E-state index in [4.69, 9.17) is 25.9 Å². The number of hydrogen-bond donors (Lipinski definition) is 3. The van der Waals surface area contributed by atoms with Crippen LogP contribution in [0.4, 0.5) is 5.82 Å². The van der Waals surface area contributed by atoms with Gasteiger partial charge in [-0.25, -0.2) is 0 Å². The molecule has 1 saturated carbocycles. The average molecular weight is 439 g/mol. The lowest BCUT2D eigenvalue weighted by atomic mass is 10.1. The Bertz CT molecular complexity index is 1210. The Morgan fingerprint density at radius 2 is 1.94 bits per heavy atom. The molecule has 0 atom stereocenters. The SMILES string of the molecule is CCOCC1(COc2nc3c(cc2C)c(C(N)=O)c(N)n3-c2c(C)ccc(O)c2C)CC1. The summed E-state index contributed by atoms with van der Waals surface area (Å²) in [4.78, 5) is 17.1. The lowest BCUT2D eigenvalue weighted by Gasteiger charge is -2.18. The van der Waals surface area contributed by atoms with Crippen LogP contribution in [0.25, 0.3) is 16.7 Å². The van der Waals surface area contributed by atoms with Crippen molar-refractivity contribution in [1.29, 1.82) is 0 Å². The summed E-state index contributed by atoms with van der Waals surface area (Å²) in [6.07, 6.45) is 2.12. The van der Waals surface area contributed by atoms with Crippen molar-refractivity contribution in [3.8, 4) is 17.3 Å². The average Bonchev–Trinajstić information content (AvgIpc) is 3.46. The van der Waals surface area contributed by atoms with E-state index in [1.807, 2.05) is 26.8 Å². The summed E-state index contributed by atoms with van der Waals surface area (Å²) >= 11 is 0. The predicted octanol–water partition coefficient (Wildman–Crippen LogP) is 3.53. The molecule has 5 N–H and O–H groups in total. The summed E-state index contributed by atoms with van der Waals surface area (Å²) in [6, 6.07) is 5.26. The Morgan fingerprint density at radius 3 is 2.56 bits per heavy atom. The van der Waals surface area contributed by atoms with E-state index in [1.54, 1.807) is 23.6 Å². The number of aromatic hydroxyl groups is 1. The van der Waals surface area contributed by atoms with E-state index in [0.717, 1.165) is 24.0 Å². The molecule has 1 amide bonds. The number of nitrogens with zero attached hydrogens (tertiary/aromatic N) is 2. The molecule has 4 rings (SSSR count). The highest BCUT2D eigenvalue weighted by atomic mass is 16.5. The molecule has 1 fully saturated rings. The normalized spacial score (nSPS) is 14.6. The largest absolute Gasteiger partial charge is 0.508 e. The van der Waals surface area contributed by atoms with Gasteiger partial charge in [0.25, 0.3) is 5.91 Å². The van der Waals surface area contributed by atoms with E-state index in [0.29, 0.717) is 48.0 Å². The molecule has 0 spiro atoms. The second-order valence-corrected chi connectivity index (χ2v) is 8.74. The predicted molar refractivity (Wildman–Crippen MR) is 124 cm³/mol. The molecule has 0 aliphatic heterocycles. The number of primary amides is 1. The zero-order chi connectivity index (χ0) is 23.2. The highest BCUT2D eigenvalue weighted by Gasteiger charge is 2.44. The standard InChI is InChI=1S/C24H30N4O4/c1-5-31-11-24(8-9-24)12-32-23-14(3)10-16-18(21(26)30)20(25)28(22(16)27-23)19-13(2)6-7-17(29)15(19)4/h6-7,10,29H,5,8-9,11-12,25H2,1-4H3,(H2,26,30). The summed E-state index contributed by atoms with van der Waals surface area (Å²) in [5.74, 6) is 0.154. The fraction of sp³-hybridized carbons (Fsp3) is 0.417. The molecule has 1 aromatic carbocycles. The van der Waals surface area contributed by atoms with Gasteiger partial charge in [0.1, 0.15) is 11.6 Å². The zero-order valence-corrected chi connectivity index (χ0v) is 19.0. The Labute approximate surface area is 187 Å². The number of nitrogens with two attached hydrogens (primary N) is 2. The number of carbonyl (C=O) groups excluding carboxylic acids is 1. The van der Waals surface area contributed by atoms with Gasteiger partial charge in [0, 0.05) is 28.5 Å². The first-order valence-electron chi connectivity index (χ1n) is 10.8. The zero-order valence-electron chi connectivity index (χ0n) is 19.0. The van der Waals surface area contributed by atoms with Crippen LogP contribution >= 0.6 is 0 Å². The first-order valence-corrected chi connectivity index (χ1v) is 10.8. The lowest BCUT2D eigenvalue weighted by molar-refractivity contribution is 0.0737. The molecule has 2 heterocycles. The number of amides is 1. The van der Waals surface area contributed by atoms with Crippen molar-refractivity contribution in [1.82, 2.24) is 9.55 Å². The Balaban J connectivity index is 1.86. The molecular formula is C24H30N4O4. The fourth-order valence-corrected chi connectivity index (χ4v) is 4.15. The van der Waals surface area contributed by atoms with Crippen molar-refractivity contribution < 1.29 is 19.4 Å². The summed E-state index contributed by atoms with van der Waals surface area (Å²) in [5, 5.41) is 10.9. The number of hydrogen-bond acceptors (Lipinski definition) is 6. The van der Waals surface area contributed by atoms with Crippen molar-refractivity contribution in [2.75, 3.05) is 25.6 Å². The highest BCUT2D eigenvalue weighted by Crippen LogP contribution is 2.46. The van der Waals surface area contributed by atoms with Crippen molar-refractivity contribution in [3.63, 3.8) is 0 Å². The molecule has 0 bridgehead atoms. The van der Waals surface area contributed by atoms with Crippen molar-refractivity contribution in [2.45, 2.75) is 40.5 Å². The van der Waals surface area contributed by atoms with E-state index < -0.39 is 5.91 Å². The molecule has 0 saturated heterocycles. The summed E-state index contributed by atoms with van der Waals surface area (Å²) < 4.78 is 13.4. The summed E-state index contributed by atoms with van der Waals surface area (Å²) in [6.45, 7) is 9.42. The minimum Gasteiger partial charge on any atom is -0.508 e. The molecular weight excluding hydrogens is 408 g/mol. The van der Waals surface area contributed by atoms with Crippen LogP contribution in [-0.4, -0.2) is 40.4 Å². The second kappa shape index (κ2) is 8.02. The number of ether oxygens (including phenoxy) is 2. The smallest absolute Gasteiger partial charge is 0.253 e. The maximum atomic E-state index is 12.3. The monoisotopic (exact) mass is 438 g/mol. The van der Waals surface area contributed by atoms with Crippen LogP contribution in [0.1, 0.15) is 46.8 Å². The van der Waals surface area contributed by atoms with E-state index in [9.17, 15) is 9.90 Å². The number of aryl methyl sites for hydroxylation is 2. The van der Waals surface area contributed by atoms with Gasteiger partial charge in [0.2, 0.25) is 5.88 Å². The van der Waals surface area contributed by atoms with E-state index in [-0.39, 0.29) is 22.5 Å². The number of rotatable bonds is 8. The van der Waals surface area contributed by atoms with Gasteiger partial charge in [0.05, 0.1) is 24.5 Å². The van der Waals surface area contributed by atoms with Crippen molar-refractivity contribution in [3.05, 3.63) is 40.5 Å². The Hall–Kier alpha value is -3.26. The van der Waals surface area contributed by atoms with Crippen LogP contribution in [0.3, 0.4) is 0 Å². The van der Waals surface area contributed by atoms with Gasteiger partial charge in [-0.05, 0) is 58.2 Å². The molecule has 1 aliphatic carbocycles. The molecule has 8 heteroatoms. The first kappa shape index (κ1) is 22.0. The molecule has 2 aromatic heterocycles. The van der Waals surface area contributed by atoms with Gasteiger partial charge in [-0.3, -0.25) is 9.36 Å². The van der Waals surface area contributed by atoms with Gasteiger partial charge in [-0.1, -0.05) is 6.07 Å². The van der Waals surface area contributed by atoms with E-state index >= 15 is 0 Å². The maximum absolute atomic E-state index is 12.3. The Kier molecular flexibility index (Phi) is 5.50. The van der Waals surface area contributed by atoms with Crippen LogP contribution < -0.4 is 16.2 Å². The number of benzene rings is 1. The van der Waals surface area contributed by atoms with E-state index in [1.165, 1.54) is 0 Å². The molecule has 8 nitrogen and oxygen atoms in total. The van der Waals surface area contributed by atoms with Crippen LogP contribution in [0.15, 0.2) is 18.2 Å². The van der Waals surface area contributed by atoms with Gasteiger partial charge >= 0.3 is 0 Å². The third-order valence-corrected chi connectivity index (χ3v) is 6.28. The molecule has 32 heavy (non-hydrogen) atoms. The molecule has 3 aromatic rings. The summed E-state index contributed by atoms with van der Waals surface area (Å²) in [5.41, 5.74) is 15.8. The quantitative estimate of drug-likeness (QED) is 0.494. The van der Waals surface area contributed by atoms with Gasteiger partial charge in [-0.15, -0.1) is 0 Å². The number of phenolic OH excluding ortho intramolecular Hbond substituents is 1. The minimum atomic E-state index is -0.634. The number of carbonyl (C=O) groups is 1. The van der Waals surface area contributed by atoms with Crippen LogP contribution in [0, 0.1) is 26.2 Å². The molecule has 0 unspecified atom stereocenters. The van der Waals surface area contributed by atoms with Gasteiger partial charge in [-0.2, -0.15) is 4.98 Å². The minimum absolute atomic E-state index is 0.0386. The van der Waals surface area contributed by atoms with Crippen LogP contribution in [-0.2, 0) is 4.74 Å². The third kappa shape index (κ3) is 3.64. The van der Waals surface area contributed by atoms with Crippen molar-refractivity contribution in [2.24, 2.45) is 11.1 Å². The molecule has 0 radical (unpaired) electrons. The second-order valence-electron chi connectivity index (χ2n) is 8.74. The third-order valence-electron chi connectivity index (χ3n) is 6.28. The van der Waals surface area contributed by atoms with Crippen LogP contribution in [0.2, 0.25) is 0 Å². The van der Waals surface area contributed by atoms with Gasteiger partial charge in [0.15, 0.2) is 5.65 Å². The summed E-state index contributed by atoms with van der Waals surface area (Å²) in [7, 11) is 0. The topological polar surface area (TPSA) is 126 Å². The molecule has 1 aliphatic rings. The van der Waals surface area contributed by atoms with E-state index in [2.05, 4.69) is 0 Å². The number of nitrogen functional groups attached to an aromatic ring is 1. The number of anilines is 1. The number of aromatic nitrogens is 2. The number of phenols is 1.